The summed E-state index contributed by atoms with van der Waals surface area (Å²) in [6.07, 6.45) is 1.09. The maximum Gasteiger partial charge on any atom is 0.0412 e. The van der Waals surface area contributed by atoms with Gasteiger partial charge in [-0.3, -0.25) is 0 Å². The van der Waals surface area contributed by atoms with Gasteiger partial charge < -0.3 is 0 Å². The van der Waals surface area contributed by atoms with Crippen LogP contribution in [0, 0.1) is 13.8 Å². The zero-order valence-corrected chi connectivity index (χ0v) is 11.3. The molecule has 0 saturated heterocycles. The van der Waals surface area contributed by atoms with E-state index in [1.807, 2.05) is 18.2 Å². The minimum atomic E-state index is 0.789. The van der Waals surface area contributed by atoms with E-state index in [0.29, 0.717) is 0 Å². The molecular formula is C16H17Cl. The summed E-state index contributed by atoms with van der Waals surface area (Å²) in [6.45, 7) is 6.56. The fraction of sp³-hybridized carbons (Fsp3) is 0.250. The van der Waals surface area contributed by atoms with Crippen LogP contribution in [0.25, 0.3) is 11.1 Å². The predicted octanol–water partition coefficient (Wildman–Crippen LogP) is 5.19. The minimum absolute atomic E-state index is 0.789. The van der Waals surface area contributed by atoms with E-state index >= 15 is 0 Å². The Morgan fingerprint density at radius 3 is 2.12 bits per heavy atom. The average molecular weight is 245 g/mol. The van der Waals surface area contributed by atoms with Crippen molar-refractivity contribution in [3.63, 3.8) is 0 Å². The number of halogens is 1. The van der Waals surface area contributed by atoms with Crippen molar-refractivity contribution in [3.05, 3.63) is 58.1 Å². The Bertz CT molecular complexity index is 518. The van der Waals surface area contributed by atoms with Gasteiger partial charge in [0.1, 0.15) is 0 Å². The van der Waals surface area contributed by atoms with Crippen molar-refractivity contribution in [2.24, 2.45) is 0 Å². The molecule has 0 aliphatic heterocycles. The second kappa shape index (κ2) is 4.93. The summed E-state index contributed by atoms with van der Waals surface area (Å²) in [6, 6.07) is 12.5. The molecule has 2 aromatic rings. The van der Waals surface area contributed by atoms with Gasteiger partial charge >= 0.3 is 0 Å². The smallest absolute Gasteiger partial charge is 0.0412 e. The van der Waals surface area contributed by atoms with E-state index in [1.165, 1.54) is 27.8 Å². The Kier molecular flexibility index (Phi) is 3.54. The van der Waals surface area contributed by atoms with Crippen LogP contribution in [-0.2, 0) is 6.42 Å². The molecule has 0 heterocycles. The third-order valence-corrected chi connectivity index (χ3v) is 3.44. The van der Waals surface area contributed by atoms with E-state index < -0.39 is 0 Å². The highest BCUT2D eigenvalue weighted by Crippen LogP contribution is 2.27. The van der Waals surface area contributed by atoms with Crippen LogP contribution in [0.5, 0.6) is 0 Å². The Morgan fingerprint density at radius 1 is 0.941 bits per heavy atom. The van der Waals surface area contributed by atoms with Crippen LogP contribution in [0.3, 0.4) is 0 Å². The maximum atomic E-state index is 6.03. The summed E-state index contributed by atoms with van der Waals surface area (Å²) < 4.78 is 0. The lowest BCUT2D eigenvalue weighted by Gasteiger charge is -2.11. The average Bonchev–Trinajstić information content (AvgIpc) is 2.28. The van der Waals surface area contributed by atoms with Crippen molar-refractivity contribution < 1.29 is 0 Å². The third kappa shape index (κ3) is 2.53. The van der Waals surface area contributed by atoms with Crippen LogP contribution in [-0.4, -0.2) is 0 Å². The van der Waals surface area contributed by atoms with Gasteiger partial charge in [-0.05, 0) is 60.2 Å². The molecule has 0 aliphatic carbocycles. The number of benzene rings is 2. The molecule has 0 amide bonds. The highest BCUT2D eigenvalue weighted by molar-refractivity contribution is 6.30. The van der Waals surface area contributed by atoms with Gasteiger partial charge in [0.05, 0.1) is 0 Å². The minimum Gasteiger partial charge on any atom is -0.0843 e. The first-order valence-corrected chi connectivity index (χ1v) is 6.35. The molecule has 2 rings (SSSR count). The third-order valence-electron chi connectivity index (χ3n) is 3.21. The topological polar surface area (TPSA) is 0 Å². The second-order valence-electron chi connectivity index (χ2n) is 4.45. The van der Waals surface area contributed by atoms with Gasteiger partial charge in [0.25, 0.3) is 0 Å². The monoisotopic (exact) mass is 244 g/mol. The van der Waals surface area contributed by atoms with Crippen molar-refractivity contribution in [2.75, 3.05) is 0 Å². The molecular weight excluding hydrogens is 228 g/mol. The first-order valence-electron chi connectivity index (χ1n) is 5.98. The molecule has 0 unspecified atom stereocenters. The molecule has 0 aliphatic rings. The lowest BCUT2D eigenvalue weighted by atomic mass is 9.94. The van der Waals surface area contributed by atoms with Crippen molar-refractivity contribution in [1.29, 1.82) is 0 Å². The highest BCUT2D eigenvalue weighted by Gasteiger charge is 2.05. The van der Waals surface area contributed by atoms with Gasteiger partial charge in [-0.25, -0.2) is 0 Å². The molecule has 0 atom stereocenters. The van der Waals surface area contributed by atoms with E-state index in [1.54, 1.807) is 0 Å². The highest BCUT2D eigenvalue weighted by atomic mass is 35.5. The number of aryl methyl sites for hydroxylation is 2. The van der Waals surface area contributed by atoms with E-state index in [9.17, 15) is 0 Å². The lowest BCUT2D eigenvalue weighted by Crippen LogP contribution is -1.92. The van der Waals surface area contributed by atoms with Gasteiger partial charge in [0.15, 0.2) is 0 Å². The number of hydrogen-bond acceptors (Lipinski definition) is 0. The van der Waals surface area contributed by atoms with Crippen LogP contribution in [0.4, 0.5) is 0 Å². The van der Waals surface area contributed by atoms with Gasteiger partial charge in [-0.15, -0.1) is 0 Å². The van der Waals surface area contributed by atoms with Crippen LogP contribution >= 0.6 is 11.6 Å². The van der Waals surface area contributed by atoms with E-state index in [4.69, 9.17) is 11.6 Å². The summed E-state index contributed by atoms with van der Waals surface area (Å²) in [5, 5.41) is 0.789. The van der Waals surface area contributed by atoms with Gasteiger partial charge in [0.2, 0.25) is 0 Å². The number of rotatable bonds is 2. The molecule has 0 spiro atoms. The fourth-order valence-corrected chi connectivity index (χ4v) is 2.58. The SMILES string of the molecule is CCc1c(C)cc(-c2cccc(Cl)c2)cc1C. The second-order valence-corrected chi connectivity index (χ2v) is 4.89. The molecule has 17 heavy (non-hydrogen) atoms. The van der Waals surface area contributed by atoms with Crippen molar-refractivity contribution in [2.45, 2.75) is 27.2 Å². The predicted molar refractivity (Wildman–Crippen MR) is 75.7 cm³/mol. The Balaban J connectivity index is 2.54. The maximum absolute atomic E-state index is 6.03. The Labute approximate surface area is 108 Å². The summed E-state index contributed by atoms with van der Waals surface area (Å²) in [5.41, 5.74) is 6.62. The fourth-order valence-electron chi connectivity index (χ4n) is 2.39. The molecule has 0 saturated carbocycles. The van der Waals surface area contributed by atoms with Crippen LogP contribution in [0.1, 0.15) is 23.6 Å². The van der Waals surface area contributed by atoms with E-state index in [0.717, 1.165) is 11.4 Å². The first kappa shape index (κ1) is 12.2. The van der Waals surface area contributed by atoms with Gasteiger partial charge in [-0.2, -0.15) is 0 Å². The molecule has 0 bridgehead atoms. The van der Waals surface area contributed by atoms with Crippen molar-refractivity contribution in [1.82, 2.24) is 0 Å². The molecule has 0 radical (unpaired) electrons. The molecule has 0 nitrogen and oxygen atoms in total. The normalized spacial score (nSPS) is 10.6. The number of hydrogen-bond donors (Lipinski definition) is 0. The first-order chi connectivity index (χ1) is 8.11. The quantitative estimate of drug-likeness (QED) is 0.682. The largest absolute Gasteiger partial charge is 0.0843 e. The summed E-state index contributed by atoms with van der Waals surface area (Å²) in [7, 11) is 0. The molecule has 0 aromatic heterocycles. The molecule has 0 N–H and O–H groups in total. The lowest BCUT2D eigenvalue weighted by molar-refractivity contribution is 1.08. The zero-order valence-electron chi connectivity index (χ0n) is 10.5. The molecule has 1 heteroatoms. The molecule has 88 valence electrons. The summed E-state index contributed by atoms with van der Waals surface area (Å²) in [4.78, 5) is 0. The summed E-state index contributed by atoms with van der Waals surface area (Å²) in [5.74, 6) is 0. The van der Waals surface area contributed by atoms with Crippen LogP contribution < -0.4 is 0 Å². The standard InChI is InChI=1S/C16H17Cl/c1-4-16-11(2)8-14(9-12(16)3)13-6-5-7-15(17)10-13/h5-10H,4H2,1-3H3. The van der Waals surface area contributed by atoms with Crippen LogP contribution in [0.15, 0.2) is 36.4 Å². The van der Waals surface area contributed by atoms with Crippen LogP contribution in [0.2, 0.25) is 5.02 Å². The molecule has 0 fully saturated rings. The molecule has 2 aromatic carbocycles. The Hall–Kier alpha value is -1.27. The van der Waals surface area contributed by atoms with Crippen molar-refractivity contribution >= 4 is 11.6 Å². The van der Waals surface area contributed by atoms with Gasteiger partial charge in [-0.1, -0.05) is 42.8 Å². The Morgan fingerprint density at radius 2 is 1.59 bits per heavy atom. The summed E-state index contributed by atoms with van der Waals surface area (Å²) >= 11 is 6.03. The zero-order chi connectivity index (χ0) is 12.4. The van der Waals surface area contributed by atoms with Gasteiger partial charge in [0, 0.05) is 5.02 Å². The van der Waals surface area contributed by atoms with E-state index in [2.05, 4.69) is 39.0 Å². The van der Waals surface area contributed by atoms with Crippen molar-refractivity contribution in [3.8, 4) is 11.1 Å². The van der Waals surface area contributed by atoms with E-state index in [-0.39, 0.29) is 0 Å².